The van der Waals surface area contributed by atoms with Crippen molar-refractivity contribution in [2.45, 2.75) is 68.6 Å². The maximum Gasteiger partial charge on any atom is 0.165 e. The van der Waals surface area contributed by atoms with Crippen molar-refractivity contribution in [3.8, 4) is 11.5 Å². The van der Waals surface area contributed by atoms with Crippen LogP contribution < -0.4 is 10.1 Å². The molecular formula is C19H25NO3. The van der Waals surface area contributed by atoms with Gasteiger partial charge in [-0.1, -0.05) is 6.07 Å². The van der Waals surface area contributed by atoms with Crippen LogP contribution in [0, 0.1) is 5.92 Å². The van der Waals surface area contributed by atoms with Gasteiger partial charge in [-0.2, -0.15) is 0 Å². The fraction of sp³-hybridized carbons (Fsp3) is 0.684. The van der Waals surface area contributed by atoms with Crippen molar-refractivity contribution >= 4 is 0 Å². The van der Waals surface area contributed by atoms with Crippen LogP contribution in [-0.4, -0.2) is 34.5 Å². The fourth-order valence-electron chi connectivity index (χ4n) is 5.35. The summed E-state index contributed by atoms with van der Waals surface area (Å²) in [6, 6.07) is 3.84. The number of ether oxygens (including phenoxy) is 1. The molecule has 1 aromatic carbocycles. The van der Waals surface area contributed by atoms with Crippen molar-refractivity contribution < 1.29 is 14.9 Å². The molecular weight excluding hydrogens is 290 g/mol. The summed E-state index contributed by atoms with van der Waals surface area (Å²) in [5, 5.41) is 25.7. The number of nitrogens with one attached hydrogen (secondary N) is 1. The van der Waals surface area contributed by atoms with Crippen LogP contribution in [0.5, 0.6) is 11.5 Å². The summed E-state index contributed by atoms with van der Waals surface area (Å²) >= 11 is 0. The number of phenolic OH excluding ortho intramolecular Hbond substituents is 1. The van der Waals surface area contributed by atoms with Gasteiger partial charge in [0.25, 0.3) is 0 Å². The van der Waals surface area contributed by atoms with Crippen LogP contribution in [0.2, 0.25) is 0 Å². The molecule has 3 aliphatic carbocycles. The van der Waals surface area contributed by atoms with E-state index in [-0.39, 0.29) is 17.9 Å². The summed E-state index contributed by atoms with van der Waals surface area (Å²) < 4.78 is 6.15. The Balaban J connectivity index is 1.63. The molecule has 0 aromatic heterocycles. The third-order valence-corrected chi connectivity index (χ3v) is 6.92. The molecule has 1 aliphatic heterocycles. The minimum Gasteiger partial charge on any atom is -0.504 e. The van der Waals surface area contributed by atoms with Crippen molar-refractivity contribution in [1.82, 2.24) is 5.32 Å². The second-order valence-electron chi connectivity index (χ2n) is 8.18. The van der Waals surface area contributed by atoms with E-state index in [1.54, 1.807) is 6.07 Å². The highest BCUT2D eigenvalue weighted by molar-refractivity contribution is 5.61. The molecule has 23 heavy (non-hydrogen) atoms. The van der Waals surface area contributed by atoms with Gasteiger partial charge in [-0.25, -0.2) is 0 Å². The molecule has 0 spiro atoms. The number of phenols is 1. The van der Waals surface area contributed by atoms with Gasteiger partial charge in [-0.3, -0.25) is 0 Å². The Bertz CT molecular complexity index is 671. The standard InChI is InChI=1S/C19H25NO3/c1-18-15-3-2-8-19(18,22)14(20-10-11-4-5-11)9-12-6-7-13(21)17(23-15)16(12)18/h6-7,11,14-15,20-22H,2-5,8-10H2,1H3/t14-,15+,18?,19-/m0/s1. The van der Waals surface area contributed by atoms with E-state index in [1.165, 1.54) is 18.4 Å². The lowest BCUT2D eigenvalue weighted by Gasteiger charge is -2.55. The molecule has 0 radical (unpaired) electrons. The van der Waals surface area contributed by atoms with Gasteiger partial charge >= 0.3 is 0 Å². The predicted octanol–water partition coefficient (Wildman–Crippen LogP) is 2.25. The van der Waals surface area contributed by atoms with Crippen LogP contribution in [0.3, 0.4) is 0 Å². The van der Waals surface area contributed by atoms with Crippen LogP contribution in [-0.2, 0) is 11.8 Å². The van der Waals surface area contributed by atoms with Gasteiger partial charge in [0.05, 0.1) is 11.0 Å². The quantitative estimate of drug-likeness (QED) is 0.801. The minimum atomic E-state index is -0.795. The predicted molar refractivity (Wildman–Crippen MR) is 86.9 cm³/mol. The number of rotatable bonds is 3. The third-order valence-electron chi connectivity index (χ3n) is 6.92. The Morgan fingerprint density at radius 3 is 2.91 bits per heavy atom. The van der Waals surface area contributed by atoms with E-state index in [1.807, 2.05) is 6.07 Å². The molecule has 3 N–H and O–H groups in total. The van der Waals surface area contributed by atoms with Crippen LogP contribution in [0.1, 0.15) is 50.2 Å². The van der Waals surface area contributed by atoms with Gasteiger partial charge in [0.1, 0.15) is 6.10 Å². The average molecular weight is 315 g/mol. The lowest BCUT2D eigenvalue weighted by molar-refractivity contribution is -0.125. The normalized spacial score (nSPS) is 40.6. The Kier molecular flexibility index (Phi) is 2.71. The van der Waals surface area contributed by atoms with Gasteiger partial charge in [-0.05, 0) is 69.5 Å². The Labute approximate surface area is 136 Å². The summed E-state index contributed by atoms with van der Waals surface area (Å²) in [7, 11) is 0. The topological polar surface area (TPSA) is 61.7 Å². The summed E-state index contributed by atoms with van der Waals surface area (Å²) in [6.07, 6.45) is 6.14. The Hall–Kier alpha value is -1.26. The van der Waals surface area contributed by atoms with Crippen molar-refractivity contribution in [1.29, 1.82) is 0 Å². The second kappa shape index (κ2) is 4.42. The van der Waals surface area contributed by atoms with Gasteiger partial charge in [0.2, 0.25) is 0 Å². The van der Waals surface area contributed by atoms with Crippen LogP contribution in [0.15, 0.2) is 12.1 Å². The molecule has 5 rings (SSSR count). The average Bonchev–Trinajstić information content (AvgIpc) is 3.29. The molecule has 124 valence electrons. The summed E-state index contributed by atoms with van der Waals surface area (Å²) in [4.78, 5) is 0. The third kappa shape index (κ3) is 1.69. The first kappa shape index (κ1) is 14.1. The van der Waals surface area contributed by atoms with Crippen molar-refractivity contribution in [3.63, 3.8) is 0 Å². The summed E-state index contributed by atoms with van der Waals surface area (Å²) in [5.74, 6) is 1.63. The molecule has 4 heteroatoms. The first-order valence-electron chi connectivity index (χ1n) is 9.02. The van der Waals surface area contributed by atoms with Crippen LogP contribution >= 0.6 is 0 Å². The zero-order chi connectivity index (χ0) is 15.8. The Morgan fingerprint density at radius 1 is 1.30 bits per heavy atom. The highest BCUT2D eigenvalue weighted by Crippen LogP contribution is 2.61. The second-order valence-corrected chi connectivity index (χ2v) is 8.18. The number of aliphatic hydroxyl groups is 1. The molecule has 0 saturated heterocycles. The number of hydrogen-bond acceptors (Lipinski definition) is 4. The number of benzene rings is 1. The highest BCUT2D eigenvalue weighted by Gasteiger charge is 2.66. The number of aromatic hydroxyl groups is 1. The van der Waals surface area contributed by atoms with Crippen molar-refractivity contribution in [2.75, 3.05) is 6.54 Å². The monoisotopic (exact) mass is 315 g/mol. The first-order valence-corrected chi connectivity index (χ1v) is 9.02. The molecule has 0 amide bonds. The lowest BCUT2D eigenvalue weighted by Crippen LogP contribution is -2.69. The van der Waals surface area contributed by atoms with E-state index in [0.717, 1.165) is 43.7 Å². The zero-order valence-corrected chi connectivity index (χ0v) is 13.6. The molecule has 2 fully saturated rings. The van der Waals surface area contributed by atoms with Gasteiger partial charge in [0, 0.05) is 11.6 Å². The maximum atomic E-state index is 11.8. The number of hydrogen-bond donors (Lipinski definition) is 3. The van der Waals surface area contributed by atoms with Crippen molar-refractivity contribution in [3.05, 3.63) is 23.3 Å². The minimum absolute atomic E-state index is 0.0335. The molecule has 2 saturated carbocycles. The molecule has 0 bridgehead atoms. The van der Waals surface area contributed by atoms with E-state index >= 15 is 0 Å². The summed E-state index contributed by atoms with van der Waals surface area (Å²) in [6.45, 7) is 3.16. The largest absolute Gasteiger partial charge is 0.504 e. The molecule has 4 nitrogen and oxygen atoms in total. The highest BCUT2D eigenvalue weighted by atomic mass is 16.5. The first-order chi connectivity index (χ1) is 11.0. The van der Waals surface area contributed by atoms with Crippen molar-refractivity contribution in [2.24, 2.45) is 5.92 Å². The zero-order valence-electron chi connectivity index (χ0n) is 13.6. The summed E-state index contributed by atoms with van der Waals surface area (Å²) in [5.41, 5.74) is 1.07. The van der Waals surface area contributed by atoms with Crippen LogP contribution in [0.4, 0.5) is 0 Å². The Morgan fingerprint density at radius 2 is 2.13 bits per heavy atom. The molecule has 1 aromatic rings. The van der Waals surface area contributed by atoms with E-state index in [9.17, 15) is 10.2 Å². The van der Waals surface area contributed by atoms with E-state index in [0.29, 0.717) is 5.75 Å². The van der Waals surface area contributed by atoms with Gasteiger partial charge < -0.3 is 20.3 Å². The lowest BCUT2D eigenvalue weighted by atomic mass is 9.53. The SMILES string of the molecule is CC12c3c4ccc(O)c3O[C@@H]1CCC[C@]2(O)[C@@H](NCC1CC1)C4. The maximum absolute atomic E-state index is 11.8. The van der Waals surface area contributed by atoms with Crippen LogP contribution in [0.25, 0.3) is 0 Å². The van der Waals surface area contributed by atoms with Gasteiger partial charge in [0.15, 0.2) is 11.5 Å². The van der Waals surface area contributed by atoms with Gasteiger partial charge in [-0.15, -0.1) is 0 Å². The molecule has 4 aliphatic rings. The van der Waals surface area contributed by atoms with E-state index in [4.69, 9.17) is 4.74 Å². The van der Waals surface area contributed by atoms with E-state index < -0.39 is 11.0 Å². The smallest absolute Gasteiger partial charge is 0.165 e. The molecule has 4 atom stereocenters. The van der Waals surface area contributed by atoms with E-state index in [2.05, 4.69) is 12.2 Å². The molecule has 1 heterocycles. The molecule has 1 unspecified atom stereocenters. The fourth-order valence-corrected chi connectivity index (χ4v) is 5.35.